The van der Waals surface area contributed by atoms with Gasteiger partial charge in [0.25, 0.3) is 0 Å². The van der Waals surface area contributed by atoms with Gasteiger partial charge in [0, 0.05) is 11.1 Å². The Kier molecular flexibility index (Phi) is 4.96. The summed E-state index contributed by atoms with van der Waals surface area (Å²) in [5.41, 5.74) is 1.46. The van der Waals surface area contributed by atoms with Crippen LogP contribution in [0.3, 0.4) is 0 Å². The first-order chi connectivity index (χ1) is 14.7. The first-order valence-electron chi connectivity index (χ1n) is 11.2. The smallest absolute Gasteiger partial charge is 0.359 e. The van der Waals surface area contributed by atoms with Gasteiger partial charge in [-0.25, -0.2) is 14.5 Å². The molecule has 6 rings (SSSR count). The predicted octanol–water partition coefficient (Wildman–Crippen LogP) is 4.87. The molecule has 6 nitrogen and oxygen atoms in total. The maximum Gasteiger partial charge on any atom is 0.359 e. The fourth-order valence-electron chi connectivity index (χ4n) is 6.67. The summed E-state index contributed by atoms with van der Waals surface area (Å²) in [6.07, 6.45) is 5.83. The van der Waals surface area contributed by atoms with Gasteiger partial charge in [-0.15, -0.1) is 0 Å². The number of nitrogens with zero attached hydrogens (tertiary/aromatic N) is 3. The van der Waals surface area contributed by atoms with Gasteiger partial charge in [-0.05, 0) is 95.2 Å². The molecule has 4 aliphatic rings. The topological polar surface area (TPSA) is 74.1 Å². The van der Waals surface area contributed by atoms with Crippen molar-refractivity contribution in [2.24, 2.45) is 23.2 Å². The number of aromatic nitrogens is 3. The van der Waals surface area contributed by atoms with Crippen molar-refractivity contribution in [3.05, 3.63) is 40.3 Å². The zero-order valence-corrected chi connectivity index (χ0v) is 19.0. The van der Waals surface area contributed by atoms with Gasteiger partial charge in [-0.2, -0.15) is 5.10 Å². The Hall–Kier alpha value is -2.21. The highest BCUT2D eigenvalue weighted by atomic mass is 35.5. The number of carbonyl (C=O) groups is 2. The summed E-state index contributed by atoms with van der Waals surface area (Å²) >= 11 is 6.27. The van der Waals surface area contributed by atoms with Crippen molar-refractivity contribution in [1.29, 1.82) is 0 Å². The van der Waals surface area contributed by atoms with Crippen molar-refractivity contribution in [3.8, 4) is 5.82 Å². The number of ketones is 1. The van der Waals surface area contributed by atoms with Crippen molar-refractivity contribution >= 4 is 23.4 Å². The normalized spacial score (nSPS) is 29.7. The van der Waals surface area contributed by atoms with Gasteiger partial charge >= 0.3 is 5.97 Å². The van der Waals surface area contributed by atoms with Gasteiger partial charge in [0.15, 0.2) is 23.4 Å². The lowest BCUT2D eigenvalue weighted by atomic mass is 9.48. The monoisotopic (exact) mass is 441 g/mol. The van der Waals surface area contributed by atoms with E-state index in [-0.39, 0.29) is 21.9 Å². The van der Waals surface area contributed by atoms with Crippen LogP contribution in [0.1, 0.15) is 67.3 Å². The molecule has 0 saturated heterocycles. The first kappa shape index (κ1) is 20.7. The molecule has 0 aromatic carbocycles. The number of rotatable bonds is 5. The SMILES string of the molecule is Cc1cc(C)n(-c2ccc(Cl)c(C(=O)OC(C)C(=O)C34CC5CC(CC(C5)C3)C4)n2)n1. The van der Waals surface area contributed by atoms with E-state index in [0.29, 0.717) is 23.6 Å². The first-order valence-corrected chi connectivity index (χ1v) is 11.6. The number of hydrogen-bond donors (Lipinski definition) is 0. The van der Waals surface area contributed by atoms with Gasteiger partial charge in [0.1, 0.15) is 0 Å². The van der Waals surface area contributed by atoms with Crippen molar-refractivity contribution < 1.29 is 14.3 Å². The Morgan fingerprint density at radius 1 is 1.13 bits per heavy atom. The number of carbonyl (C=O) groups excluding carboxylic acids is 2. The van der Waals surface area contributed by atoms with E-state index in [9.17, 15) is 9.59 Å². The van der Waals surface area contributed by atoms with Gasteiger partial charge < -0.3 is 4.74 Å². The molecule has 4 fully saturated rings. The average Bonchev–Trinajstić information content (AvgIpc) is 3.04. The summed E-state index contributed by atoms with van der Waals surface area (Å²) in [6.45, 7) is 5.50. The standard InChI is InChI=1S/C24H28ClN3O3/c1-13-6-14(2)28(27-13)20-5-4-19(25)21(26-20)23(30)31-15(3)22(29)24-10-16-7-17(11-24)9-18(8-16)12-24/h4-6,15-18H,7-12H2,1-3H3. The van der Waals surface area contributed by atoms with Crippen LogP contribution >= 0.6 is 11.6 Å². The molecule has 31 heavy (non-hydrogen) atoms. The third-order valence-electron chi connectivity index (χ3n) is 7.47. The molecular weight excluding hydrogens is 414 g/mol. The van der Waals surface area contributed by atoms with Crippen LogP contribution in [-0.4, -0.2) is 32.6 Å². The van der Waals surface area contributed by atoms with Gasteiger partial charge in [0.2, 0.25) is 0 Å². The molecule has 4 saturated carbocycles. The van der Waals surface area contributed by atoms with Gasteiger partial charge in [-0.1, -0.05) is 11.6 Å². The van der Waals surface area contributed by atoms with Crippen LogP contribution in [0.25, 0.3) is 5.82 Å². The molecule has 0 amide bonds. The molecule has 2 aromatic heterocycles. The lowest BCUT2D eigenvalue weighted by molar-refractivity contribution is -0.152. The van der Waals surface area contributed by atoms with Crippen LogP contribution in [0, 0.1) is 37.0 Å². The lowest BCUT2D eigenvalue weighted by Crippen LogP contribution is -2.52. The fourth-order valence-corrected chi connectivity index (χ4v) is 6.85. The molecule has 7 heteroatoms. The molecule has 4 bridgehead atoms. The maximum atomic E-state index is 13.4. The third-order valence-corrected chi connectivity index (χ3v) is 7.77. The predicted molar refractivity (Wildman–Crippen MR) is 116 cm³/mol. The van der Waals surface area contributed by atoms with Crippen molar-refractivity contribution in [1.82, 2.24) is 14.8 Å². The van der Waals surface area contributed by atoms with E-state index < -0.39 is 12.1 Å². The Morgan fingerprint density at radius 3 is 2.29 bits per heavy atom. The summed E-state index contributed by atoms with van der Waals surface area (Å²) in [7, 11) is 0. The van der Waals surface area contributed by atoms with Crippen LogP contribution in [-0.2, 0) is 9.53 Å². The second-order valence-corrected chi connectivity index (χ2v) is 10.4. The number of halogens is 1. The average molecular weight is 442 g/mol. The summed E-state index contributed by atoms with van der Waals surface area (Å²) in [5, 5.41) is 4.61. The molecule has 4 aliphatic carbocycles. The Labute approximate surface area is 187 Å². The number of hydrogen-bond acceptors (Lipinski definition) is 5. The molecule has 164 valence electrons. The van der Waals surface area contributed by atoms with E-state index in [4.69, 9.17) is 16.3 Å². The molecule has 0 radical (unpaired) electrons. The second-order valence-electron chi connectivity index (χ2n) is 9.95. The molecule has 2 heterocycles. The quantitative estimate of drug-likeness (QED) is 0.619. The minimum absolute atomic E-state index is 0.0110. The van der Waals surface area contributed by atoms with Crippen molar-refractivity contribution in [3.63, 3.8) is 0 Å². The second kappa shape index (κ2) is 7.44. The molecule has 0 N–H and O–H groups in total. The summed E-state index contributed by atoms with van der Waals surface area (Å²) in [4.78, 5) is 30.8. The summed E-state index contributed by atoms with van der Waals surface area (Å²) in [5.74, 6) is 1.87. The van der Waals surface area contributed by atoms with Crippen LogP contribution in [0.4, 0.5) is 0 Å². The van der Waals surface area contributed by atoms with E-state index in [2.05, 4.69) is 10.1 Å². The number of esters is 1. The molecule has 2 aromatic rings. The zero-order chi connectivity index (χ0) is 21.9. The van der Waals surface area contributed by atoms with Crippen molar-refractivity contribution in [2.75, 3.05) is 0 Å². The fraction of sp³-hybridized carbons (Fsp3) is 0.583. The molecule has 1 atom stereocenters. The summed E-state index contributed by atoms with van der Waals surface area (Å²) in [6, 6.07) is 5.26. The summed E-state index contributed by atoms with van der Waals surface area (Å²) < 4.78 is 7.29. The van der Waals surface area contributed by atoms with E-state index in [1.807, 2.05) is 19.9 Å². The highest BCUT2D eigenvalue weighted by molar-refractivity contribution is 6.33. The molecular formula is C24H28ClN3O3. The largest absolute Gasteiger partial charge is 0.450 e. The Morgan fingerprint density at radius 2 is 1.74 bits per heavy atom. The van der Waals surface area contributed by atoms with Gasteiger partial charge in [0.05, 0.1) is 10.7 Å². The van der Waals surface area contributed by atoms with E-state index in [1.165, 1.54) is 19.3 Å². The molecule has 0 aliphatic heterocycles. The van der Waals surface area contributed by atoms with Crippen LogP contribution < -0.4 is 0 Å². The number of Topliss-reactive ketones (excluding diaryl/α,β-unsaturated/α-hetero) is 1. The lowest BCUT2D eigenvalue weighted by Gasteiger charge is -2.56. The minimum Gasteiger partial charge on any atom is -0.450 e. The van der Waals surface area contributed by atoms with E-state index >= 15 is 0 Å². The number of aryl methyl sites for hydroxylation is 2. The highest BCUT2D eigenvalue weighted by Crippen LogP contribution is 2.60. The van der Waals surface area contributed by atoms with E-state index in [0.717, 1.165) is 30.7 Å². The third kappa shape index (κ3) is 3.59. The number of pyridine rings is 1. The van der Waals surface area contributed by atoms with Crippen LogP contribution in [0.15, 0.2) is 18.2 Å². The Balaban J connectivity index is 1.35. The minimum atomic E-state index is -0.807. The van der Waals surface area contributed by atoms with Crippen LogP contribution in [0.5, 0.6) is 0 Å². The van der Waals surface area contributed by atoms with E-state index in [1.54, 1.807) is 23.7 Å². The van der Waals surface area contributed by atoms with Crippen LogP contribution in [0.2, 0.25) is 5.02 Å². The molecule has 1 unspecified atom stereocenters. The molecule has 0 spiro atoms. The number of ether oxygens (including phenoxy) is 1. The van der Waals surface area contributed by atoms with Crippen molar-refractivity contribution in [2.45, 2.75) is 65.4 Å². The highest BCUT2D eigenvalue weighted by Gasteiger charge is 2.55. The Bertz CT molecular complexity index is 1030. The maximum absolute atomic E-state index is 13.4. The zero-order valence-electron chi connectivity index (χ0n) is 18.2. The van der Waals surface area contributed by atoms with Gasteiger partial charge in [-0.3, -0.25) is 4.79 Å².